The van der Waals surface area contributed by atoms with Crippen molar-refractivity contribution < 1.29 is 13.9 Å². The summed E-state index contributed by atoms with van der Waals surface area (Å²) in [5.74, 6) is -0.241. The molecule has 0 saturated heterocycles. The van der Waals surface area contributed by atoms with Crippen molar-refractivity contribution in [1.82, 2.24) is 10.6 Å². The molecule has 23 heavy (non-hydrogen) atoms. The van der Waals surface area contributed by atoms with Crippen molar-refractivity contribution in [2.45, 2.75) is 65.1 Å². The maximum atomic E-state index is 13.3. The van der Waals surface area contributed by atoms with Crippen molar-refractivity contribution in [2.24, 2.45) is 0 Å². The molecule has 130 valence electrons. The number of rotatable bonds is 7. The maximum Gasteiger partial charge on any atom is 0.407 e. The molecule has 0 heterocycles. The Kier molecular flexibility index (Phi) is 7.49. The fourth-order valence-electron chi connectivity index (χ4n) is 2.34. The molecule has 0 radical (unpaired) electrons. The van der Waals surface area contributed by atoms with Crippen LogP contribution in [0.15, 0.2) is 24.3 Å². The number of benzene rings is 1. The van der Waals surface area contributed by atoms with E-state index in [-0.39, 0.29) is 17.9 Å². The summed E-state index contributed by atoms with van der Waals surface area (Å²) in [7, 11) is 0. The summed E-state index contributed by atoms with van der Waals surface area (Å²) >= 11 is 0. The van der Waals surface area contributed by atoms with Crippen LogP contribution in [-0.2, 0) is 4.74 Å². The minimum atomic E-state index is -0.507. The van der Waals surface area contributed by atoms with E-state index in [9.17, 15) is 9.18 Å². The smallest absolute Gasteiger partial charge is 0.407 e. The summed E-state index contributed by atoms with van der Waals surface area (Å²) in [6.45, 7) is 10.1. The highest BCUT2D eigenvalue weighted by molar-refractivity contribution is 5.67. The minimum absolute atomic E-state index is 0.00249. The van der Waals surface area contributed by atoms with E-state index in [1.54, 1.807) is 6.07 Å². The lowest BCUT2D eigenvalue weighted by Gasteiger charge is -2.25. The van der Waals surface area contributed by atoms with Crippen LogP contribution < -0.4 is 10.6 Å². The first-order valence-electron chi connectivity index (χ1n) is 8.19. The van der Waals surface area contributed by atoms with E-state index in [0.717, 1.165) is 18.4 Å². The van der Waals surface area contributed by atoms with Gasteiger partial charge >= 0.3 is 6.09 Å². The molecule has 4 nitrogen and oxygen atoms in total. The molecule has 0 spiro atoms. The number of carbonyl (C=O) groups excluding carboxylic acids is 1. The lowest BCUT2D eigenvalue weighted by Crippen LogP contribution is -2.43. The fraction of sp³-hybridized carbons (Fsp3) is 0.611. The molecule has 2 atom stereocenters. The van der Waals surface area contributed by atoms with Crippen LogP contribution in [0, 0.1) is 5.82 Å². The van der Waals surface area contributed by atoms with Crippen LogP contribution in [-0.4, -0.2) is 24.3 Å². The highest BCUT2D eigenvalue weighted by atomic mass is 19.1. The highest BCUT2D eigenvalue weighted by Crippen LogP contribution is 2.15. The van der Waals surface area contributed by atoms with Gasteiger partial charge in [-0.2, -0.15) is 0 Å². The van der Waals surface area contributed by atoms with Gasteiger partial charge in [0, 0.05) is 18.6 Å². The molecule has 1 rings (SSSR count). The van der Waals surface area contributed by atoms with Crippen molar-refractivity contribution in [2.75, 3.05) is 6.54 Å². The number of nitrogens with one attached hydrogen (secondary N) is 2. The fourth-order valence-corrected chi connectivity index (χ4v) is 2.34. The van der Waals surface area contributed by atoms with E-state index in [4.69, 9.17) is 4.74 Å². The number of hydrogen-bond donors (Lipinski definition) is 2. The van der Waals surface area contributed by atoms with E-state index >= 15 is 0 Å². The van der Waals surface area contributed by atoms with Crippen molar-refractivity contribution in [1.29, 1.82) is 0 Å². The maximum absolute atomic E-state index is 13.3. The van der Waals surface area contributed by atoms with Crippen LogP contribution in [0.2, 0.25) is 0 Å². The predicted octanol–water partition coefficient (Wildman–Crippen LogP) is 4.17. The summed E-state index contributed by atoms with van der Waals surface area (Å²) < 4.78 is 18.6. The summed E-state index contributed by atoms with van der Waals surface area (Å²) in [6.07, 6.45) is 1.48. The summed E-state index contributed by atoms with van der Waals surface area (Å²) in [5, 5.41) is 6.24. The summed E-state index contributed by atoms with van der Waals surface area (Å²) in [6, 6.07) is 6.67. The Morgan fingerprint density at radius 2 is 2.04 bits per heavy atom. The molecular weight excluding hydrogens is 295 g/mol. The minimum Gasteiger partial charge on any atom is -0.444 e. The molecule has 1 amide bonds. The number of carbonyl (C=O) groups is 1. The van der Waals surface area contributed by atoms with Gasteiger partial charge in [0.05, 0.1) is 0 Å². The summed E-state index contributed by atoms with van der Waals surface area (Å²) in [5.41, 5.74) is 0.385. The quantitative estimate of drug-likeness (QED) is 0.791. The lowest BCUT2D eigenvalue weighted by atomic mass is 10.1. The molecule has 1 aromatic carbocycles. The van der Waals surface area contributed by atoms with Crippen LogP contribution in [0.1, 0.15) is 59.1 Å². The Labute approximate surface area is 138 Å². The van der Waals surface area contributed by atoms with Crippen LogP contribution in [0.25, 0.3) is 0 Å². The van der Waals surface area contributed by atoms with Crippen molar-refractivity contribution in [3.63, 3.8) is 0 Å². The van der Waals surface area contributed by atoms with Gasteiger partial charge in [-0.25, -0.2) is 9.18 Å². The standard InChI is InChI=1S/C18H29FN2O2/c1-6-8-16(12-20-17(22)23-18(3,4)5)21-13(2)14-9-7-10-15(19)11-14/h7,9-11,13,16,21H,6,8,12H2,1-5H3,(H,20,22). The van der Waals surface area contributed by atoms with Gasteiger partial charge in [-0.05, 0) is 51.8 Å². The van der Waals surface area contributed by atoms with E-state index in [0.29, 0.717) is 6.54 Å². The molecule has 0 bridgehead atoms. The summed E-state index contributed by atoms with van der Waals surface area (Å²) in [4.78, 5) is 11.8. The third-order valence-corrected chi connectivity index (χ3v) is 3.36. The number of alkyl carbamates (subject to hydrolysis) is 1. The zero-order valence-electron chi connectivity index (χ0n) is 14.8. The van der Waals surface area contributed by atoms with Crippen molar-refractivity contribution in [3.05, 3.63) is 35.6 Å². The Balaban J connectivity index is 2.56. The molecule has 0 aliphatic heterocycles. The molecular formula is C18H29FN2O2. The third kappa shape index (κ3) is 7.98. The second kappa shape index (κ2) is 8.87. The Bertz CT molecular complexity index is 500. The average molecular weight is 324 g/mol. The van der Waals surface area contributed by atoms with E-state index < -0.39 is 11.7 Å². The van der Waals surface area contributed by atoms with Gasteiger partial charge in [0.15, 0.2) is 0 Å². The van der Waals surface area contributed by atoms with Gasteiger partial charge in [-0.3, -0.25) is 0 Å². The van der Waals surface area contributed by atoms with Gasteiger partial charge in [0.2, 0.25) is 0 Å². The Morgan fingerprint density at radius 3 is 2.61 bits per heavy atom. The SMILES string of the molecule is CCCC(CNC(=O)OC(C)(C)C)NC(C)c1cccc(F)c1. The molecule has 0 saturated carbocycles. The van der Waals surface area contributed by atoms with Gasteiger partial charge in [-0.15, -0.1) is 0 Å². The average Bonchev–Trinajstić information content (AvgIpc) is 2.43. The Morgan fingerprint density at radius 1 is 1.35 bits per heavy atom. The number of halogens is 1. The van der Waals surface area contributed by atoms with Crippen molar-refractivity contribution >= 4 is 6.09 Å². The number of amides is 1. The zero-order chi connectivity index (χ0) is 17.5. The first-order valence-corrected chi connectivity index (χ1v) is 8.19. The van der Waals surface area contributed by atoms with Crippen LogP contribution in [0.4, 0.5) is 9.18 Å². The normalized spacial score (nSPS) is 14.2. The largest absolute Gasteiger partial charge is 0.444 e. The monoisotopic (exact) mass is 324 g/mol. The highest BCUT2D eigenvalue weighted by Gasteiger charge is 2.18. The molecule has 0 fully saturated rings. The zero-order valence-corrected chi connectivity index (χ0v) is 14.8. The first-order chi connectivity index (χ1) is 10.7. The van der Waals surface area contributed by atoms with E-state index in [1.165, 1.54) is 12.1 Å². The molecule has 2 N–H and O–H groups in total. The molecule has 0 aliphatic rings. The second-order valence-electron chi connectivity index (χ2n) is 6.81. The molecule has 0 aromatic heterocycles. The third-order valence-electron chi connectivity index (χ3n) is 3.36. The van der Waals surface area contributed by atoms with Crippen molar-refractivity contribution in [3.8, 4) is 0 Å². The number of ether oxygens (including phenoxy) is 1. The second-order valence-corrected chi connectivity index (χ2v) is 6.81. The first kappa shape index (κ1) is 19.4. The van der Waals surface area contributed by atoms with Gasteiger partial charge in [0.1, 0.15) is 11.4 Å². The van der Waals surface area contributed by atoms with E-state index in [1.807, 2.05) is 33.8 Å². The van der Waals surface area contributed by atoms with Crippen LogP contribution >= 0.6 is 0 Å². The molecule has 1 aromatic rings. The predicted molar refractivity (Wildman–Crippen MR) is 90.9 cm³/mol. The van der Waals surface area contributed by atoms with Gasteiger partial charge < -0.3 is 15.4 Å². The molecule has 2 unspecified atom stereocenters. The molecule has 0 aliphatic carbocycles. The number of hydrogen-bond acceptors (Lipinski definition) is 3. The van der Waals surface area contributed by atoms with E-state index in [2.05, 4.69) is 17.6 Å². The molecule has 5 heteroatoms. The Hall–Kier alpha value is -1.62. The van der Waals surface area contributed by atoms with Crippen LogP contribution in [0.3, 0.4) is 0 Å². The topological polar surface area (TPSA) is 50.4 Å². The van der Waals surface area contributed by atoms with Gasteiger partial charge in [0.25, 0.3) is 0 Å². The van der Waals surface area contributed by atoms with Crippen LogP contribution in [0.5, 0.6) is 0 Å². The van der Waals surface area contributed by atoms with Gasteiger partial charge in [-0.1, -0.05) is 25.5 Å². The lowest BCUT2D eigenvalue weighted by molar-refractivity contribution is 0.0521.